The minimum atomic E-state index is -1.01. The molecule has 2 aromatic rings. The second-order valence-corrected chi connectivity index (χ2v) is 7.79. The molecular formula is C17H22Cl3N5O3. The van der Waals surface area contributed by atoms with Gasteiger partial charge in [-0.2, -0.15) is 4.80 Å². The molecule has 11 heteroatoms. The Labute approximate surface area is 179 Å². The van der Waals surface area contributed by atoms with Crippen molar-refractivity contribution in [3.8, 4) is 0 Å². The van der Waals surface area contributed by atoms with Crippen LogP contribution in [0.4, 0.5) is 0 Å². The van der Waals surface area contributed by atoms with Gasteiger partial charge >= 0.3 is 5.97 Å². The molecule has 1 aromatic carbocycles. The number of esters is 1. The van der Waals surface area contributed by atoms with E-state index in [9.17, 15) is 9.59 Å². The van der Waals surface area contributed by atoms with Crippen molar-refractivity contribution in [1.29, 1.82) is 0 Å². The molecule has 0 bridgehead atoms. The second-order valence-electron chi connectivity index (χ2n) is 6.98. The minimum absolute atomic E-state index is 0. The monoisotopic (exact) mass is 449 g/mol. The van der Waals surface area contributed by atoms with Crippen LogP contribution >= 0.6 is 35.6 Å². The molecule has 0 saturated carbocycles. The van der Waals surface area contributed by atoms with E-state index >= 15 is 0 Å². The molecule has 0 saturated heterocycles. The first kappa shape index (κ1) is 24.3. The van der Waals surface area contributed by atoms with Crippen molar-refractivity contribution in [3.05, 3.63) is 39.6 Å². The van der Waals surface area contributed by atoms with Crippen LogP contribution in [0, 0.1) is 0 Å². The summed E-state index contributed by atoms with van der Waals surface area (Å²) in [4.78, 5) is 25.1. The smallest absolute Gasteiger partial charge is 0.308 e. The summed E-state index contributed by atoms with van der Waals surface area (Å²) >= 11 is 12.2. The van der Waals surface area contributed by atoms with Crippen LogP contribution in [0.25, 0.3) is 0 Å². The standard InChI is InChI=1S/C17H21Cl2N5O3.ClH/c1-17(2,3)27-16(26)8-13(20)14(25)9-24-22-15(21-23-24)7-10-11(18)5-4-6-12(10)19;/h4-6,13H,7-9,20H2,1-3H3;1H. The first-order valence-electron chi connectivity index (χ1n) is 8.25. The molecule has 1 unspecified atom stereocenters. The maximum atomic E-state index is 12.2. The summed E-state index contributed by atoms with van der Waals surface area (Å²) in [7, 11) is 0. The number of hydrogen-bond acceptors (Lipinski definition) is 7. The van der Waals surface area contributed by atoms with Gasteiger partial charge in [0.15, 0.2) is 11.6 Å². The van der Waals surface area contributed by atoms with Gasteiger partial charge < -0.3 is 10.5 Å². The zero-order valence-corrected chi connectivity index (χ0v) is 18.0. The van der Waals surface area contributed by atoms with Gasteiger partial charge in [0.25, 0.3) is 0 Å². The lowest BCUT2D eigenvalue weighted by atomic mass is 10.1. The van der Waals surface area contributed by atoms with E-state index in [4.69, 9.17) is 33.7 Å². The van der Waals surface area contributed by atoms with E-state index in [1.807, 2.05) is 0 Å². The number of benzene rings is 1. The summed E-state index contributed by atoms with van der Waals surface area (Å²) in [6.07, 6.45) is 0.0591. The van der Waals surface area contributed by atoms with Gasteiger partial charge in [0.2, 0.25) is 0 Å². The number of aromatic nitrogens is 4. The van der Waals surface area contributed by atoms with Crippen LogP contribution in [0.5, 0.6) is 0 Å². The Balaban J connectivity index is 0.00000392. The number of Topliss-reactive ketones (excluding diaryl/α,β-unsaturated/α-hetero) is 1. The van der Waals surface area contributed by atoms with E-state index in [0.29, 0.717) is 21.4 Å². The maximum absolute atomic E-state index is 12.2. The average molecular weight is 451 g/mol. The molecule has 0 amide bonds. The molecule has 0 radical (unpaired) electrons. The molecular weight excluding hydrogens is 429 g/mol. The number of carbonyl (C=O) groups is 2. The molecule has 0 fully saturated rings. The Bertz CT molecular complexity index is 815. The van der Waals surface area contributed by atoms with Crippen LogP contribution in [0.2, 0.25) is 10.0 Å². The molecule has 0 aliphatic heterocycles. The van der Waals surface area contributed by atoms with Crippen LogP contribution in [-0.4, -0.2) is 43.6 Å². The fraction of sp³-hybridized carbons (Fsp3) is 0.471. The topological polar surface area (TPSA) is 113 Å². The van der Waals surface area contributed by atoms with Gasteiger partial charge in [0.1, 0.15) is 12.1 Å². The largest absolute Gasteiger partial charge is 0.460 e. The van der Waals surface area contributed by atoms with E-state index in [2.05, 4.69) is 15.4 Å². The van der Waals surface area contributed by atoms with Crippen molar-refractivity contribution in [2.75, 3.05) is 0 Å². The highest BCUT2D eigenvalue weighted by molar-refractivity contribution is 6.36. The zero-order chi connectivity index (χ0) is 20.2. The lowest BCUT2D eigenvalue weighted by molar-refractivity contribution is -0.156. The van der Waals surface area contributed by atoms with Gasteiger partial charge in [0, 0.05) is 16.5 Å². The molecule has 28 heavy (non-hydrogen) atoms. The highest BCUT2D eigenvalue weighted by Gasteiger charge is 2.23. The molecule has 2 rings (SSSR count). The highest BCUT2D eigenvalue weighted by atomic mass is 35.5. The van der Waals surface area contributed by atoms with Crippen LogP contribution < -0.4 is 5.73 Å². The lowest BCUT2D eigenvalue weighted by Crippen LogP contribution is -2.37. The number of carbonyl (C=O) groups excluding carboxylic acids is 2. The van der Waals surface area contributed by atoms with E-state index < -0.39 is 23.4 Å². The molecule has 0 aliphatic rings. The number of nitrogens with two attached hydrogens (primary N) is 1. The molecule has 8 nitrogen and oxygen atoms in total. The quantitative estimate of drug-likeness (QED) is 0.645. The molecule has 1 atom stereocenters. The number of ketones is 1. The van der Waals surface area contributed by atoms with E-state index in [0.717, 1.165) is 4.80 Å². The average Bonchev–Trinajstić information content (AvgIpc) is 2.96. The fourth-order valence-corrected chi connectivity index (χ4v) is 2.74. The third-order valence-electron chi connectivity index (χ3n) is 3.41. The molecule has 1 heterocycles. The number of hydrogen-bond donors (Lipinski definition) is 1. The van der Waals surface area contributed by atoms with Crippen LogP contribution in [-0.2, 0) is 27.3 Å². The number of nitrogens with zero attached hydrogens (tertiary/aromatic N) is 4. The maximum Gasteiger partial charge on any atom is 0.308 e. The number of tetrazole rings is 1. The van der Waals surface area contributed by atoms with Crippen molar-refractivity contribution < 1.29 is 14.3 Å². The first-order valence-corrected chi connectivity index (χ1v) is 9.00. The zero-order valence-electron chi connectivity index (χ0n) is 15.7. The SMILES string of the molecule is CC(C)(C)OC(=O)CC(N)C(=O)Cn1nnc(Cc2c(Cl)cccc2Cl)n1.Cl. The van der Waals surface area contributed by atoms with Gasteiger partial charge in [0.05, 0.1) is 12.5 Å². The molecule has 2 N–H and O–H groups in total. The van der Waals surface area contributed by atoms with Gasteiger partial charge in [-0.25, -0.2) is 0 Å². The highest BCUT2D eigenvalue weighted by Crippen LogP contribution is 2.25. The Morgan fingerprint density at radius 2 is 1.86 bits per heavy atom. The number of halogens is 3. The summed E-state index contributed by atoms with van der Waals surface area (Å²) in [5.41, 5.74) is 5.82. The van der Waals surface area contributed by atoms with Crippen molar-refractivity contribution in [2.24, 2.45) is 5.73 Å². The normalized spacial score (nSPS) is 12.2. The lowest BCUT2D eigenvalue weighted by Gasteiger charge is -2.20. The van der Waals surface area contributed by atoms with Gasteiger partial charge in [-0.1, -0.05) is 29.3 Å². The summed E-state index contributed by atoms with van der Waals surface area (Å²) in [5, 5.41) is 12.8. The Hall–Kier alpha value is -1.74. The van der Waals surface area contributed by atoms with Gasteiger partial charge in [-0.15, -0.1) is 22.6 Å². The first-order chi connectivity index (χ1) is 12.5. The number of rotatable bonds is 7. The summed E-state index contributed by atoms with van der Waals surface area (Å²) in [6.45, 7) is 5.02. The van der Waals surface area contributed by atoms with E-state index in [1.165, 1.54) is 0 Å². The van der Waals surface area contributed by atoms with E-state index in [-0.39, 0.29) is 31.8 Å². The Morgan fingerprint density at radius 1 is 1.25 bits per heavy atom. The summed E-state index contributed by atoms with van der Waals surface area (Å²) in [6, 6.07) is 4.16. The third kappa shape index (κ3) is 7.35. The third-order valence-corrected chi connectivity index (χ3v) is 4.12. The molecule has 0 spiro atoms. The minimum Gasteiger partial charge on any atom is -0.460 e. The Kier molecular flexibility index (Phi) is 8.81. The van der Waals surface area contributed by atoms with Crippen molar-refractivity contribution in [1.82, 2.24) is 20.2 Å². The second kappa shape index (κ2) is 10.2. The summed E-state index contributed by atoms with van der Waals surface area (Å²) in [5.74, 6) is -0.581. The van der Waals surface area contributed by atoms with Crippen LogP contribution in [0.3, 0.4) is 0 Å². The number of ether oxygens (including phenoxy) is 1. The van der Waals surface area contributed by atoms with Crippen molar-refractivity contribution in [2.45, 2.75) is 51.8 Å². The van der Waals surface area contributed by atoms with Crippen LogP contribution in [0.15, 0.2) is 18.2 Å². The molecule has 1 aromatic heterocycles. The van der Waals surface area contributed by atoms with Crippen LogP contribution in [0.1, 0.15) is 38.6 Å². The van der Waals surface area contributed by atoms with Crippen molar-refractivity contribution >= 4 is 47.4 Å². The predicted octanol–water partition coefficient (Wildman–Crippen LogP) is 2.62. The van der Waals surface area contributed by atoms with Gasteiger partial charge in [-0.3, -0.25) is 9.59 Å². The summed E-state index contributed by atoms with van der Waals surface area (Å²) < 4.78 is 5.16. The fourth-order valence-electron chi connectivity index (χ4n) is 2.21. The van der Waals surface area contributed by atoms with Crippen molar-refractivity contribution in [3.63, 3.8) is 0 Å². The molecule has 0 aliphatic carbocycles. The molecule has 154 valence electrons. The predicted molar refractivity (Wildman–Crippen MR) is 108 cm³/mol. The Morgan fingerprint density at radius 3 is 2.43 bits per heavy atom. The van der Waals surface area contributed by atoms with Gasteiger partial charge in [-0.05, 0) is 43.7 Å². The van der Waals surface area contributed by atoms with E-state index in [1.54, 1.807) is 39.0 Å².